The second-order valence-corrected chi connectivity index (χ2v) is 10.0. The third-order valence-corrected chi connectivity index (χ3v) is 7.65. The van der Waals surface area contributed by atoms with Gasteiger partial charge in [0.05, 0.1) is 17.5 Å². The Labute approximate surface area is 167 Å². The number of sulfone groups is 1. The molecule has 3 rings (SSSR count). The van der Waals surface area contributed by atoms with E-state index in [0.29, 0.717) is 13.0 Å². The highest BCUT2D eigenvalue weighted by molar-refractivity contribution is 7.91. The summed E-state index contributed by atoms with van der Waals surface area (Å²) >= 11 is 6.09. The lowest BCUT2D eigenvalue weighted by molar-refractivity contribution is -0.138. The highest BCUT2D eigenvalue weighted by Crippen LogP contribution is 2.23. The number of likely N-dealkylation sites (N-methyl/N-ethyl adjacent to an activating group) is 1. The maximum absolute atomic E-state index is 13.0. The molecule has 2 atom stereocenters. The Balaban J connectivity index is 1.59. The normalized spacial score (nSPS) is 24.0. The minimum atomic E-state index is -3.00. The molecule has 1 aromatic rings. The SMILES string of the molecule is CCN(C(=O)C(C)N1CCN(c2cccc(Cl)c2)CC1)C1CCS(=O)(=O)C1. The summed E-state index contributed by atoms with van der Waals surface area (Å²) in [5.41, 5.74) is 1.10. The Morgan fingerprint density at radius 3 is 2.56 bits per heavy atom. The fraction of sp³-hybridized carbons (Fsp3) is 0.632. The van der Waals surface area contributed by atoms with Crippen LogP contribution < -0.4 is 4.90 Å². The second-order valence-electron chi connectivity index (χ2n) is 7.36. The van der Waals surface area contributed by atoms with Gasteiger partial charge in [-0.2, -0.15) is 0 Å². The van der Waals surface area contributed by atoms with E-state index in [1.807, 2.05) is 32.0 Å². The summed E-state index contributed by atoms with van der Waals surface area (Å²) in [6.07, 6.45) is 0.553. The molecule has 8 heteroatoms. The van der Waals surface area contributed by atoms with E-state index >= 15 is 0 Å². The van der Waals surface area contributed by atoms with E-state index in [1.165, 1.54) is 0 Å². The molecule has 1 aromatic carbocycles. The molecule has 2 unspecified atom stereocenters. The first-order valence-electron chi connectivity index (χ1n) is 9.56. The van der Waals surface area contributed by atoms with Gasteiger partial charge >= 0.3 is 0 Å². The fourth-order valence-electron chi connectivity index (χ4n) is 4.05. The van der Waals surface area contributed by atoms with E-state index in [2.05, 4.69) is 15.9 Å². The van der Waals surface area contributed by atoms with Crippen molar-refractivity contribution >= 4 is 33.0 Å². The lowest BCUT2D eigenvalue weighted by Crippen LogP contribution is -2.56. The van der Waals surface area contributed by atoms with Gasteiger partial charge in [0.2, 0.25) is 5.91 Å². The second kappa shape index (κ2) is 8.37. The van der Waals surface area contributed by atoms with Crippen molar-refractivity contribution < 1.29 is 13.2 Å². The number of carbonyl (C=O) groups excluding carboxylic acids is 1. The number of amides is 1. The Bertz CT molecular complexity index is 778. The van der Waals surface area contributed by atoms with Crippen molar-refractivity contribution in [3.8, 4) is 0 Å². The monoisotopic (exact) mass is 413 g/mol. The number of carbonyl (C=O) groups is 1. The first kappa shape index (κ1) is 20.4. The Hall–Kier alpha value is -1.31. The number of anilines is 1. The van der Waals surface area contributed by atoms with E-state index in [-0.39, 0.29) is 29.5 Å². The summed E-state index contributed by atoms with van der Waals surface area (Å²) in [5.74, 6) is 0.325. The van der Waals surface area contributed by atoms with Crippen LogP contribution in [0.3, 0.4) is 0 Å². The van der Waals surface area contributed by atoms with E-state index in [1.54, 1.807) is 4.90 Å². The number of hydrogen-bond acceptors (Lipinski definition) is 5. The molecule has 0 spiro atoms. The van der Waals surface area contributed by atoms with Gasteiger partial charge in [-0.15, -0.1) is 0 Å². The summed E-state index contributed by atoms with van der Waals surface area (Å²) in [5, 5.41) is 0.726. The van der Waals surface area contributed by atoms with Crippen LogP contribution in [0.2, 0.25) is 5.02 Å². The minimum Gasteiger partial charge on any atom is -0.369 e. The molecule has 2 fully saturated rings. The van der Waals surface area contributed by atoms with Crippen LogP contribution in [0.1, 0.15) is 20.3 Å². The summed E-state index contributed by atoms with van der Waals surface area (Å²) in [4.78, 5) is 19.3. The zero-order valence-electron chi connectivity index (χ0n) is 16.0. The van der Waals surface area contributed by atoms with Crippen molar-refractivity contribution in [2.45, 2.75) is 32.4 Å². The van der Waals surface area contributed by atoms with Gasteiger partial charge in [-0.05, 0) is 38.5 Å². The van der Waals surface area contributed by atoms with Crippen LogP contribution >= 0.6 is 11.6 Å². The van der Waals surface area contributed by atoms with Crippen LogP contribution in [0.15, 0.2) is 24.3 Å². The molecule has 27 heavy (non-hydrogen) atoms. The zero-order valence-corrected chi connectivity index (χ0v) is 17.5. The number of nitrogens with zero attached hydrogens (tertiary/aromatic N) is 3. The molecule has 2 saturated heterocycles. The van der Waals surface area contributed by atoms with Gasteiger partial charge in [0.15, 0.2) is 9.84 Å². The van der Waals surface area contributed by atoms with Crippen molar-refractivity contribution in [1.82, 2.24) is 9.80 Å². The molecule has 2 heterocycles. The largest absolute Gasteiger partial charge is 0.369 e. The lowest BCUT2D eigenvalue weighted by atomic mass is 10.1. The Morgan fingerprint density at radius 2 is 2.00 bits per heavy atom. The van der Waals surface area contributed by atoms with E-state index < -0.39 is 9.84 Å². The molecule has 6 nitrogen and oxygen atoms in total. The lowest BCUT2D eigenvalue weighted by Gasteiger charge is -2.40. The van der Waals surface area contributed by atoms with Crippen molar-refractivity contribution in [2.24, 2.45) is 0 Å². The third kappa shape index (κ3) is 4.76. The minimum absolute atomic E-state index is 0.0378. The predicted octanol–water partition coefficient (Wildman–Crippen LogP) is 1.89. The van der Waals surface area contributed by atoms with Gasteiger partial charge in [-0.25, -0.2) is 8.42 Å². The van der Waals surface area contributed by atoms with Crippen molar-refractivity contribution in [3.05, 3.63) is 29.3 Å². The van der Waals surface area contributed by atoms with Crippen LogP contribution in [-0.4, -0.2) is 80.4 Å². The molecule has 0 aromatic heterocycles. The van der Waals surface area contributed by atoms with Crippen LogP contribution in [0.25, 0.3) is 0 Å². The van der Waals surface area contributed by atoms with Gasteiger partial charge in [0.1, 0.15) is 0 Å². The average Bonchev–Trinajstić information content (AvgIpc) is 3.01. The van der Waals surface area contributed by atoms with Crippen LogP contribution in [0.4, 0.5) is 5.69 Å². The molecule has 0 saturated carbocycles. The molecular weight excluding hydrogens is 386 g/mol. The molecule has 1 amide bonds. The summed E-state index contributed by atoms with van der Waals surface area (Å²) in [6, 6.07) is 7.41. The first-order chi connectivity index (χ1) is 12.8. The fourth-order valence-corrected chi connectivity index (χ4v) is 5.97. The third-order valence-electron chi connectivity index (χ3n) is 5.67. The van der Waals surface area contributed by atoms with Crippen molar-refractivity contribution in [3.63, 3.8) is 0 Å². The van der Waals surface area contributed by atoms with Crippen molar-refractivity contribution in [1.29, 1.82) is 0 Å². The predicted molar refractivity (Wildman–Crippen MR) is 109 cm³/mol. The van der Waals surface area contributed by atoms with E-state index in [4.69, 9.17) is 11.6 Å². The van der Waals surface area contributed by atoms with Crippen LogP contribution in [0, 0.1) is 0 Å². The van der Waals surface area contributed by atoms with Gasteiger partial charge in [0, 0.05) is 49.5 Å². The van der Waals surface area contributed by atoms with E-state index in [9.17, 15) is 13.2 Å². The smallest absolute Gasteiger partial charge is 0.239 e. The quantitative estimate of drug-likeness (QED) is 0.737. The maximum atomic E-state index is 13.0. The molecule has 0 N–H and O–H groups in total. The number of halogens is 1. The molecule has 0 radical (unpaired) electrons. The highest BCUT2D eigenvalue weighted by atomic mass is 35.5. The zero-order chi connectivity index (χ0) is 19.6. The molecule has 0 aliphatic carbocycles. The molecule has 2 aliphatic heterocycles. The average molecular weight is 414 g/mol. The Morgan fingerprint density at radius 1 is 1.30 bits per heavy atom. The highest BCUT2D eigenvalue weighted by Gasteiger charge is 2.37. The molecule has 2 aliphatic rings. The number of benzene rings is 1. The first-order valence-corrected chi connectivity index (χ1v) is 11.8. The van der Waals surface area contributed by atoms with Gasteiger partial charge in [-0.3, -0.25) is 9.69 Å². The number of hydrogen-bond donors (Lipinski definition) is 0. The number of rotatable bonds is 5. The standard InChI is InChI=1S/C19H28ClN3O3S/c1-3-23(18-7-12-27(25,26)14-18)19(24)15(2)21-8-10-22(11-9-21)17-6-4-5-16(20)13-17/h4-6,13,15,18H,3,7-12,14H2,1-2H3. The Kier molecular flexibility index (Phi) is 6.33. The topological polar surface area (TPSA) is 60.9 Å². The number of piperazine rings is 1. The summed E-state index contributed by atoms with van der Waals surface area (Å²) in [7, 11) is -3.00. The van der Waals surface area contributed by atoms with Gasteiger partial charge in [0.25, 0.3) is 0 Å². The van der Waals surface area contributed by atoms with Gasteiger partial charge in [-0.1, -0.05) is 17.7 Å². The van der Waals surface area contributed by atoms with Crippen molar-refractivity contribution in [2.75, 3.05) is 49.1 Å². The van der Waals surface area contributed by atoms with Crippen LogP contribution in [-0.2, 0) is 14.6 Å². The maximum Gasteiger partial charge on any atom is 0.239 e. The molecular formula is C19H28ClN3O3S. The summed E-state index contributed by atoms with van der Waals surface area (Å²) < 4.78 is 23.6. The van der Waals surface area contributed by atoms with E-state index in [0.717, 1.165) is 36.9 Å². The van der Waals surface area contributed by atoms with Gasteiger partial charge < -0.3 is 9.80 Å². The molecule has 150 valence electrons. The molecule has 0 bridgehead atoms. The van der Waals surface area contributed by atoms with Crippen LogP contribution in [0.5, 0.6) is 0 Å². The summed E-state index contributed by atoms with van der Waals surface area (Å²) in [6.45, 7) is 7.66.